The molecule has 0 amide bonds. The molecule has 2 saturated carbocycles. The van der Waals surface area contributed by atoms with Crippen LogP contribution in [0, 0.1) is 29.1 Å². The molecule has 0 radical (unpaired) electrons. The Morgan fingerprint density at radius 2 is 1.76 bits per heavy atom. The molecule has 0 spiro atoms. The number of rotatable bonds is 7. The first-order chi connectivity index (χ1) is 18.5. The average Bonchev–Trinajstić information content (AvgIpc) is 3.53. The maximum absolute atomic E-state index is 13.2. The monoisotopic (exact) mass is 525 g/mol. The maximum Gasteiger partial charge on any atom is 0.309 e. The van der Waals surface area contributed by atoms with Gasteiger partial charge in [0.2, 0.25) is 5.60 Å². The fraction of sp³-hybridized carbons (Fsp3) is 0.667. The van der Waals surface area contributed by atoms with Gasteiger partial charge in [-0.1, -0.05) is 38.5 Å². The predicted octanol–water partition coefficient (Wildman–Crippen LogP) is 2.65. The number of aliphatic hydroxyl groups is 1. The Hall–Kier alpha value is -3.23. The number of ether oxygens (including phenoxy) is 3. The zero-order valence-corrected chi connectivity index (χ0v) is 21.5. The van der Waals surface area contributed by atoms with Gasteiger partial charge >= 0.3 is 11.9 Å². The number of hydrogen-bond donors (Lipinski definition) is 2. The number of aromatic nitrogens is 3. The van der Waals surface area contributed by atoms with Crippen molar-refractivity contribution < 1.29 is 28.9 Å². The number of nitrogen functional groups attached to an aromatic ring is 1. The minimum atomic E-state index is -1.73. The van der Waals surface area contributed by atoms with E-state index in [2.05, 4.69) is 16.2 Å². The minimum Gasteiger partial charge on any atom is -0.465 e. The largest absolute Gasteiger partial charge is 0.465 e. The van der Waals surface area contributed by atoms with E-state index >= 15 is 0 Å². The first kappa shape index (κ1) is 26.4. The van der Waals surface area contributed by atoms with E-state index in [9.17, 15) is 20.0 Å². The summed E-state index contributed by atoms with van der Waals surface area (Å²) in [5.74, 6) is -1.82. The normalized spacial score (nSPS) is 28.7. The maximum atomic E-state index is 13.2. The lowest BCUT2D eigenvalue weighted by atomic mass is 9.83. The number of aliphatic hydroxyl groups excluding tert-OH is 1. The van der Waals surface area contributed by atoms with E-state index in [0.717, 1.165) is 64.2 Å². The molecule has 3 N–H and O–H groups in total. The van der Waals surface area contributed by atoms with Crippen LogP contribution in [0.2, 0.25) is 0 Å². The summed E-state index contributed by atoms with van der Waals surface area (Å²) >= 11 is 0. The summed E-state index contributed by atoms with van der Waals surface area (Å²) in [7, 11) is 0. The van der Waals surface area contributed by atoms with E-state index in [4.69, 9.17) is 19.9 Å². The van der Waals surface area contributed by atoms with Crippen LogP contribution in [0.25, 0.3) is 5.52 Å². The molecule has 1 aliphatic heterocycles. The van der Waals surface area contributed by atoms with Gasteiger partial charge in [0.25, 0.3) is 0 Å². The third-order valence-corrected chi connectivity index (χ3v) is 8.37. The topological polar surface area (TPSA) is 162 Å². The number of nitrogens with zero attached hydrogens (tertiary/aromatic N) is 4. The van der Waals surface area contributed by atoms with Gasteiger partial charge < -0.3 is 25.1 Å². The summed E-state index contributed by atoms with van der Waals surface area (Å²) in [5, 5.41) is 25.1. The Kier molecular flexibility index (Phi) is 7.81. The number of nitrogens with two attached hydrogens (primary N) is 1. The van der Waals surface area contributed by atoms with Crippen LogP contribution >= 0.6 is 0 Å². The van der Waals surface area contributed by atoms with Gasteiger partial charge in [-0.25, -0.2) is 9.50 Å². The van der Waals surface area contributed by atoms with E-state index in [1.807, 2.05) is 0 Å². The molecule has 4 atom stereocenters. The second-order valence-corrected chi connectivity index (χ2v) is 10.7. The Balaban J connectivity index is 1.49. The Morgan fingerprint density at radius 1 is 1.11 bits per heavy atom. The van der Waals surface area contributed by atoms with E-state index in [0.29, 0.717) is 11.2 Å². The predicted molar refractivity (Wildman–Crippen MR) is 134 cm³/mol. The lowest BCUT2D eigenvalue weighted by Gasteiger charge is -2.30. The van der Waals surface area contributed by atoms with Crippen LogP contribution in [0.4, 0.5) is 5.82 Å². The molecule has 3 fully saturated rings. The van der Waals surface area contributed by atoms with E-state index in [-0.39, 0.29) is 36.2 Å². The SMILES string of the molecule is N#C[C@@]1(c2ccc3c(N)ncnn23)O[C@H](CO)[C@@H](OC(=O)C2CCCCC2)[C@H]1COC(=O)C1CCCCC1. The van der Waals surface area contributed by atoms with Gasteiger partial charge in [0.1, 0.15) is 36.7 Å². The molecule has 0 unspecified atom stereocenters. The first-order valence-electron chi connectivity index (χ1n) is 13.6. The summed E-state index contributed by atoms with van der Waals surface area (Å²) in [6.45, 7) is -0.699. The van der Waals surface area contributed by atoms with Crippen LogP contribution in [-0.2, 0) is 29.4 Å². The molecule has 38 heavy (non-hydrogen) atoms. The minimum absolute atomic E-state index is 0.193. The number of carbonyl (C=O) groups excluding carboxylic acids is 2. The van der Waals surface area contributed by atoms with E-state index in [1.54, 1.807) is 12.1 Å². The lowest BCUT2D eigenvalue weighted by Crippen LogP contribution is -2.43. The molecule has 11 nitrogen and oxygen atoms in total. The van der Waals surface area contributed by atoms with Crippen LogP contribution in [0.15, 0.2) is 18.5 Å². The first-order valence-corrected chi connectivity index (χ1v) is 13.6. The van der Waals surface area contributed by atoms with Crippen LogP contribution in [0.5, 0.6) is 0 Å². The van der Waals surface area contributed by atoms with Crippen molar-refractivity contribution in [2.75, 3.05) is 18.9 Å². The van der Waals surface area contributed by atoms with Gasteiger partial charge in [0.05, 0.1) is 30.1 Å². The Labute approximate surface area is 221 Å². The molecule has 0 aromatic carbocycles. The van der Waals surface area contributed by atoms with Gasteiger partial charge in [-0.2, -0.15) is 10.4 Å². The van der Waals surface area contributed by atoms with Crippen molar-refractivity contribution in [2.45, 2.75) is 82.0 Å². The fourth-order valence-corrected chi connectivity index (χ4v) is 6.24. The standard InChI is InChI=1S/C27H35N5O6/c28-15-27(22-12-11-20-24(29)30-16-31-32(20)22)19(14-36-25(34)17-7-3-1-4-8-17)23(21(13-33)38-27)37-26(35)18-9-5-2-6-10-18/h11-12,16-19,21,23,33H,1-10,13-14H2,(H2,29,30,31)/t19-,21-,23+,27-/m1/s1. The Morgan fingerprint density at radius 3 is 2.39 bits per heavy atom. The molecule has 1 saturated heterocycles. The molecule has 2 aromatic heterocycles. The highest BCUT2D eigenvalue weighted by atomic mass is 16.6. The molecule has 11 heteroatoms. The molecule has 3 heterocycles. The third-order valence-electron chi connectivity index (χ3n) is 8.37. The zero-order valence-electron chi connectivity index (χ0n) is 21.5. The molecule has 3 aliphatic rings. The van der Waals surface area contributed by atoms with Crippen molar-refractivity contribution in [1.82, 2.24) is 14.6 Å². The van der Waals surface area contributed by atoms with Crippen LogP contribution in [0.3, 0.4) is 0 Å². The van der Waals surface area contributed by atoms with Crippen molar-refractivity contribution in [3.8, 4) is 6.07 Å². The van der Waals surface area contributed by atoms with Crippen LogP contribution in [-0.4, -0.2) is 57.1 Å². The number of nitriles is 1. The molecular formula is C27H35N5O6. The summed E-state index contributed by atoms with van der Waals surface area (Å²) in [6.07, 6.45) is 8.31. The lowest BCUT2D eigenvalue weighted by molar-refractivity contribution is -0.163. The van der Waals surface area contributed by atoms with Crippen molar-refractivity contribution >= 4 is 23.3 Å². The summed E-state index contributed by atoms with van der Waals surface area (Å²) in [6, 6.07) is 5.58. The van der Waals surface area contributed by atoms with Gasteiger partial charge in [0.15, 0.2) is 5.82 Å². The highest BCUT2D eigenvalue weighted by Crippen LogP contribution is 2.46. The van der Waals surface area contributed by atoms with Crippen molar-refractivity contribution in [2.24, 2.45) is 17.8 Å². The van der Waals surface area contributed by atoms with Crippen molar-refractivity contribution in [3.05, 3.63) is 24.2 Å². The van der Waals surface area contributed by atoms with Gasteiger partial charge in [-0.3, -0.25) is 9.59 Å². The van der Waals surface area contributed by atoms with Crippen molar-refractivity contribution in [1.29, 1.82) is 5.26 Å². The number of fused-ring (bicyclic) bond motifs is 1. The summed E-state index contributed by atoms with van der Waals surface area (Å²) in [5.41, 5.74) is 5.10. The highest BCUT2D eigenvalue weighted by molar-refractivity contribution is 5.73. The summed E-state index contributed by atoms with van der Waals surface area (Å²) < 4.78 is 19.5. The molecular weight excluding hydrogens is 490 g/mol. The quantitative estimate of drug-likeness (QED) is 0.514. The van der Waals surface area contributed by atoms with Crippen LogP contribution in [0.1, 0.15) is 69.9 Å². The molecule has 0 bridgehead atoms. The summed E-state index contributed by atoms with van der Waals surface area (Å²) in [4.78, 5) is 30.2. The van der Waals surface area contributed by atoms with Gasteiger partial charge in [-0.15, -0.1) is 0 Å². The van der Waals surface area contributed by atoms with E-state index < -0.39 is 30.3 Å². The number of hydrogen-bond acceptors (Lipinski definition) is 10. The number of esters is 2. The van der Waals surface area contributed by atoms with E-state index in [1.165, 1.54) is 10.8 Å². The Bertz CT molecular complexity index is 1200. The molecule has 2 aliphatic carbocycles. The second kappa shape index (κ2) is 11.3. The molecule has 204 valence electrons. The highest BCUT2D eigenvalue weighted by Gasteiger charge is 2.60. The molecule has 5 rings (SSSR count). The smallest absolute Gasteiger partial charge is 0.309 e. The van der Waals surface area contributed by atoms with Crippen molar-refractivity contribution in [3.63, 3.8) is 0 Å². The van der Waals surface area contributed by atoms with Gasteiger partial charge in [-0.05, 0) is 37.8 Å². The van der Waals surface area contributed by atoms with Gasteiger partial charge in [0, 0.05) is 0 Å². The average molecular weight is 526 g/mol. The molecule has 2 aromatic rings. The third kappa shape index (κ3) is 4.83. The van der Waals surface area contributed by atoms with Crippen LogP contribution < -0.4 is 5.73 Å². The fourth-order valence-electron chi connectivity index (χ4n) is 6.24. The zero-order chi connectivity index (χ0) is 26.7. The second-order valence-electron chi connectivity index (χ2n) is 10.7. The number of carbonyl (C=O) groups is 2. The number of anilines is 1.